The summed E-state index contributed by atoms with van der Waals surface area (Å²) in [5.74, 6) is -0.0798. The van der Waals surface area contributed by atoms with E-state index < -0.39 is 18.1 Å². The lowest BCUT2D eigenvalue weighted by Crippen LogP contribution is -2.60. The van der Waals surface area contributed by atoms with E-state index >= 15 is 0 Å². The van der Waals surface area contributed by atoms with Gasteiger partial charge in [-0.3, -0.25) is 0 Å². The zero-order valence-corrected chi connectivity index (χ0v) is 20.0. The van der Waals surface area contributed by atoms with Crippen molar-refractivity contribution in [1.29, 1.82) is 0 Å². The fraction of sp³-hybridized carbons (Fsp3) is 1.00. The maximum Gasteiger partial charge on any atom is 0.270 e. The zero-order valence-electron chi connectivity index (χ0n) is 20.0. The Balaban J connectivity index is 1.52. The second kappa shape index (κ2) is 8.20. The van der Waals surface area contributed by atoms with Crippen LogP contribution >= 0.6 is 0 Å². The Morgan fingerprint density at radius 2 is 1.71 bits per heavy atom. The molecule has 31 heavy (non-hydrogen) atoms. The van der Waals surface area contributed by atoms with Gasteiger partial charge < -0.3 is 14.9 Å². The molecular weight excluding hydrogens is 398 g/mol. The van der Waals surface area contributed by atoms with E-state index in [0.717, 1.165) is 32.1 Å². The summed E-state index contributed by atoms with van der Waals surface area (Å²) in [6.07, 6.45) is 9.72. The van der Waals surface area contributed by atoms with Gasteiger partial charge in [-0.1, -0.05) is 20.8 Å². The summed E-state index contributed by atoms with van der Waals surface area (Å²) in [4.78, 5) is 0. The molecule has 4 aliphatic carbocycles. The molecule has 0 aliphatic heterocycles. The van der Waals surface area contributed by atoms with Crippen molar-refractivity contribution in [2.24, 2.45) is 40.4 Å². The highest BCUT2D eigenvalue weighted by Crippen LogP contribution is 2.68. The first-order valence-electron chi connectivity index (χ1n) is 12.8. The van der Waals surface area contributed by atoms with Gasteiger partial charge in [-0.15, -0.1) is 0 Å². The summed E-state index contributed by atoms with van der Waals surface area (Å²) in [6.45, 7) is 5.89. The van der Waals surface area contributed by atoms with E-state index in [2.05, 4.69) is 20.8 Å². The van der Waals surface area contributed by atoms with Crippen LogP contribution in [0.25, 0.3) is 0 Å². The highest BCUT2D eigenvalue weighted by Gasteiger charge is 2.62. The predicted octanol–water partition coefficient (Wildman–Crippen LogP) is 5.82. The lowest BCUT2D eigenvalue weighted by Gasteiger charge is -2.63. The zero-order chi connectivity index (χ0) is 22.7. The predicted molar refractivity (Wildman–Crippen MR) is 118 cm³/mol. The van der Waals surface area contributed by atoms with Crippen molar-refractivity contribution in [2.75, 3.05) is 13.7 Å². The molecule has 0 unspecified atom stereocenters. The van der Waals surface area contributed by atoms with Gasteiger partial charge in [0.15, 0.2) is 0 Å². The smallest absolute Gasteiger partial charge is 0.270 e. The Morgan fingerprint density at radius 3 is 2.35 bits per heavy atom. The van der Waals surface area contributed by atoms with Gasteiger partial charge in [-0.25, -0.2) is 8.78 Å². The van der Waals surface area contributed by atoms with Crippen molar-refractivity contribution in [2.45, 2.75) is 109 Å². The summed E-state index contributed by atoms with van der Waals surface area (Å²) in [7, 11) is 1.75. The van der Waals surface area contributed by atoms with Gasteiger partial charge >= 0.3 is 0 Å². The van der Waals surface area contributed by atoms with Gasteiger partial charge in [-0.2, -0.15) is 0 Å². The molecule has 180 valence electrons. The van der Waals surface area contributed by atoms with Gasteiger partial charge in [0.05, 0.1) is 11.7 Å². The summed E-state index contributed by atoms with van der Waals surface area (Å²) < 4.78 is 33.3. The third kappa shape index (κ3) is 3.79. The second-order valence-corrected chi connectivity index (χ2v) is 12.1. The fourth-order valence-electron chi connectivity index (χ4n) is 9.06. The van der Waals surface area contributed by atoms with Gasteiger partial charge in [-0.05, 0) is 105 Å². The molecular formula is C26H44F2O3. The van der Waals surface area contributed by atoms with E-state index in [1.807, 2.05) is 0 Å². The number of hydrogen-bond acceptors (Lipinski definition) is 3. The van der Waals surface area contributed by atoms with Crippen molar-refractivity contribution in [3.8, 4) is 0 Å². The molecule has 2 N–H and O–H groups in total. The van der Waals surface area contributed by atoms with Gasteiger partial charge in [0.25, 0.3) is 5.92 Å². The number of fused-ring (bicyclic) bond motifs is 5. The molecule has 0 aromatic heterocycles. The molecule has 0 bridgehead atoms. The Morgan fingerprint density at radius 1 is 1.00 bits per heavy atom. The average Bonchev–Trinajstić information content (AvgIpc) is 3.08. The Kier molecular flexibility index (Phi) is 6.32. The van der Waals surface area contributed by atoms with Crippen molar-refractivity contribution in [1.82, 2.24) is 0 Å². The fourth-order valence-corrected chi connectivity index (χ4v) is 9.06. The van der Waals surface area contributed by atoms with E-state index in [1.54, 1.807) is 7.11 Å². The topological polar surface area (TPSA) is 49.7 Å². The summed E-state index contributed by atoms with van der Waals surface area (Å²) in [5, 5.41) is 20.2. The number of alkyl halides is 2. The number of rotatable bonds is 6. The first-order valence-corrected chi connectivity index (χ1v) is 12.8. The molecule has 0 heterocycles. The SMILES string of the molecule is CC[C@@]1(O)C[C@@H]2CC[C@@H]3[C@H](CC[C@]4(C)[C@@H](CCC(F)(F)CO)CC[C@@H]34)[C@@]2(C)C[C@@H]1OC. The average molecular weight is 443 g/mol. The molecule has 0 radical (unpaired) electrons. The normalized spacial score (nSPS) is 49.9. The monoisotopic (exact) mass is 442 g/mol. The van der Waals surface area contributed by atoms with Crippen molar-refractivity contribution >= 4 is 0 Å². The van der Waals surface area contributed by atoms with E-state index in [4.69, 9.17) is 9.84 Å². The van der Waals surface area contributed by atoms with Crippen LogP contribution in [-0.2, 0) is 4.74 Å². The highest BCUT2D eigenvalue weighted by atomic mass is 19.3. The van der Waals surface area contributed by atoms with Crippen LogP contribution < -0.4 is 0 Å². The standard InChI is InChI=1S/C26H44F2O3/c1-5-25(30)14-18-6-8-19-20-9-7-17(10-13-26(27,28)16-29)23(20,2)12-11-21(19)24(18,3)15-22(25)31-4/h17-22,29-30H,5-16H2,1-4H3/t17-,18+,19+,20+,21+,22+,23-,24+,25-/m1/s1. The van der Waals surface area contributed by atoms with Crippen LogP contribution in [0.3, 0.4) is 0 Å². The van der Waals surface area contributed by atoms with Crippen LogP contribution in [0.15, 0.2) is 0 Å². The molecule has 4 saturated carbocycles. The molecule has 4 aliphatic rings. The van der Waals surface area contributed by atoms with E-state index in [-0.39, 0.29) is 23.4 Å². The number of aliphatic hydroxyl groups is 2. The number of aliphatic hydroxyl groups excluding tert-OH is 1. The Bertz CT molecular complexity index is 657. The highest BCUT2D eigenvalue weighted by molar-refractivity contribution is 5.12. The summed E-state index contributed by atoms with van der Waals surface area (Å²) >= 11 is 0. The lowest BCUT2D eigenvalue weighted by molar-refractivity contribution is -0.205. The van der Waals surface area contributed by atoms with Crippen molar-refractivity contribution < 1.29 is 23.7 Å². The lowest BCUT2D eigenvalue weighted by atomic mass is 9.43. The van der Waals surface area contributed by atoms with Crippen LogP contribution in [-0.4, -0.2) is 41.6 Å². The van der Waals surface area contributed by atoms with Crippen LogP contribution in [0.1, 0.15) is 91.4 Å². The van der Waals surface area contributed by atoms with Gasteiger partial charge in [0.1, 0.15) is 6.61 Å². The van der Waals surface area contributed by atoms with Crippen LogP contribution in [0, 0.1) is 40.4 Å². The number of hydrogen-bond donors (Lipinski definition) is 2. The minimum absolute atomic E-state index is 0.0946. The molecule has 0 spiro atoms. The quantitative estimate of drug-likeness (QED) is 0.545. The third-order valence-corrected chi connectivity index (χ3v) is 11.1. The molecule has 3 nitrogen and oxygen atoms in total. The maximum atomic E-state index is 13.7. The molecule has 0 aromatic carbocycles. The van der Waals surface area contributed by atoms with Crippen molar-refractivity contribution in [3.05, 3.63) is 0 Å². The second-order valence-electron chi connectivity index (χ2n) is 12.1. The van der Waals surface area contributed by atoms with Crippen LogP contribution in [0.4, 0.5) is 8.78 Å². The van der Waals surface area contributed by atoms with Gasteiger partial charge in [0, 0.05) is 13.5 Å². The van der Waals surface area contributed by atoms with Crippen LogP contribution in [0.2, 0.25) is 0 Å². The molecule has 0 saturated heterocycles. The Labute approximate surface area is 187 Å². The minimum Gasteiger partial charge on any atom is -0.390 e. The Hall–Kier alpha value is -0.260. The molecule has 4 fully saturated rings. The van der Waals surface area contributed by atoms with E-state index in [1.165, 1.54) is 25.7 Å². The molecule has 4 rings (SSSR count). The molecule has 5 heteroatoms. The minimum atomic E-state index is -2.94. The van der Waals surface area contributed by atoms with Crippen LogP contribution in [0.5, 0.6) is 0 Å². The summed E-state index contributed by atoms with van der Waals surface area (Å²) in [5.41, 5.74) is -0.338. The third-order valence-electron chi connectivity index (χ3n) is 11.1. The van der Waals surface area contributed by atoms with Gasteiger partial charge in [0.2, 0.25) is 0 Å². The maximum absolute atomic E-state index is 13.7. The van der Waals surface area contributed by atoms with E-state index in [9.17, 15) is 13.9 Å². The molecule has 0 aromatic rings. The van der Waals surface area contributed by atoms with Crippen molar-refractivity contribution in [3.63, 3.8) is 0 Å². The number of methoxy groups -OCH3 is 1. The largest absolute Gasteiger partial charge is 0.390 e. The first kappa shape index (κ1) is 23.9. The number of halogens is 2. The number of ether oxygens (including phenoxy) is 1. The van der Waals surface area contributed by atoms with E-state index in [0.29, 0.717) is 36.0 Å². The first-order chi connectivity index (χ1) is 14.5. The molecule has 9 atom stereocenters. The molecule has 0 amide bonds. The summed E-state index contributed by atoms with van der Waals surface area (Å²) in [6, 6.07) is 0.